The Bertz CT molecular complexity index is 1130. The number of thiazole rings is 1. The number of carbonyl (C=O) groups is 1. The molecule has 7 heteroatoms. The van der Waals surface area contributed by atoms with E-state index in [4.69, 9.17) is 4.74 Å². The lowest BCUT2D eigenvalue weighted by Crippen LogP contribution is -2.14. The van der Waals surface area contributed by atoms with E-state index in [0.717, 1.165) is 17.1 Å². The van der Waals surface area contributed by atoms with Crippen molar-refractivity contribution in [1.82, 2.24) is 9.97 Å². The number of rotatable bonds is 7. The van der Waals surface area contributed by atoms with E-state index in [1.807, 2.05) is 79.0 Å². The fourth-order valence-electron chi connectivity index (χ4n) is 2.76. The van der Waals surface area contributed by atoms with Crippen molar-refractivity contribution in [3.05, 3.63) is 89.6 Å². The molecule has 4 aromatic rings. The molecule has 6 nitrogen and oxygen atoms in total. The Labute approximate surface area is 178 Å². The molecule has 0 aliphatic rings. The van der Waals surface area contributed by atoms with Crippen LogP contribution in [0, 0.1) is 6.92 Å². The second-order valence-corrected chi connectivity index (χ2v) is 7.51. The van der Waals surface area contributed by atoms with Gasteiger partial charge in [0.2, 0.25) is 5.91 Å². The Kier molecular flexibility index (Phi) is 6.01. The lowest BCUT2D eigenvalue weighted by Gasteiger charge is -2.07. The number of nitrogens with zero attached hydrogens (tertiary/aromatic N) is 2. The minimum atomic E-state index is -0.128. The molecule has 2 heterocycles. The van der Waals surface area contributed by atoms with Gasteiger partial charge in [-0.1, -0.05) is 18.2 Å². The second-order valence-electron chi connectivity index (χ2n) is 6.65. The molecule has 0 fully saturated rings. The van der Waals surface area contributed by atoms with Crippen LogP contribution in [0.4, 0.5) is 16.6 Å². The molecule has 4 rings (SSSR count). The summed E-state index contributed by atoms with van der Waals surface area (Å²) in [4.78, 5) is 21.1. The van der Waals surface area contributed by atoms with Crippen molar-refractivity contribution in [2.24, 2.45) is 0 Å². The van der Waals surface area contributed by atoms with Crippen LogP contribution < -0.4 is 15.4 Å². The number of aryl methyl sites for hydroxylation is 1. The van der Waals surface area contributed by atoms with Crippen molar-refractivity contribution < 1.29 is 9.53 Å². The van der Waals surface area contributed by atoms with E-state index in [1.165, 1.54) is 11.3 Å². The number of para-hydroxylation sites is 1. The molecule has 2 N–H and O–H groups in total. The van der Waals surface area contributed by atoms with Crippen molar-refractivity contribution in [2.45, 2.75) is 13.3 Å². The summed E-state index contributed by atoms with van der Waals surface area (Å²) in [5.41, 5.74) is 2.53. The van der Waals surface area contributed by atoms with Gasteiger partial charge in [0, 0.05) is 17.3 Å². The number of ether oxygens (including phenoxy) is 1. The quantitative estimate of drug-likeness (QED) is 0.412. The molecular formula is C23H20N4O2S. The lowest BCUT2D eigenvalue weighted by atomic mass is 10.2. The Morgan fingerprint density at radius 2 is 1.80 bits per heavy atom. The highest BCUT2D eigenvalue weighted by atomic mass is 32.1. The maximum atomic E-state index is 12.4. The molecule has 0 radical (unpaired) electrons. The van der Waals surface area contributed by atoms with Crippen LogP contribution in [-0.4, -0.2) is 15.9 Å². The van der Waals surface area contributed by atoms with Gasteiger partial charge in [0.1, 0.15) is 17.3 Å². The van der Waals surface area contributed by atoms with Crippen molar-refractivity contribution in [3.8, 4) is 11.5 Å². The normalized spacial score (nSPS) is 10.4. The Morgan fingerprint density at radius 3 is 2.57 bits per heavy atom. The summed E-state index contributed by atoms with van der Waals surface area (Å²) in [6.07, 6.45) is 1.94. The zero-order valence-electron chi connectivity index (χ0n) is 16.3. The summed E-state index contributed by atoms with van der Waals surface area (Å²) in [5, 5.41) is 8.63. The Balaban J connectivity index is 1.31. The molecular weight excluding hydrogens is 396 g/mol. The number of benzene rings is 2. The third-order valence-electron chi connectivity index (χ3n) is 4.16. The van der Waals surface area contributed by atoms with E-state index in [-0.39, 0.29) is 12.3 Å². The van der Waals surface area contributed by atoms with E-state index in [1.54, 1.807) is 6.20 Å². The maximum absolute atomic E-state index is 12.4. The number of carbonyl (C=O) groups excluding carboxylic acids is 1. The molecule has 150 valence electrons. The van der Waals surface area contributed by atoms with E-state index in [0.29, 0.717) is 22.3 Å². The number of amides is 1. The zero-order chi connectivity index (χ0) is 20.8. The number of hydrogen-bond acceptors (Lipinski definition) is 6. The lowest BCUT2D eigenvalue weighted by molar-refractivity contribution is -0.115. The monoisotopic (exact) mass is 416 g/mol. The van der Waals surface area contributed by atoms with E-state index in [9.17, 15) is 4.79 Å². The minimum Gasteiger partial charge on any atom is -0.457 e. The van der Waals surface area contributed by atoms with Crippen molar-refractivity contribution in [2.75, 3.05) is 10.6 Å². The fourth-order valence-corrected chi connectivity index (χ4v) is 3.48. The SMILES string of the molecule is Cc1ccnc(Nc2nc(CC(=O)Nc3ccc(Oc4ccccc4)cc3)cs2)c1. The van der Waals surface area contributed by atoms with Crippen molar-refractivity contribution in [1.29, 1.82) is 0 Å². The fraction of sp³-hybridized carbons (Fsp3) is 0.0870. The zero-order valence-corrected chi connectivity index (χ0v) is 17.1. The van der Waals surface area contributed by atoms with Crippen molar-refractivity contribution >= 4 is 33.9 Å². The maximum Gasteiger partial charge on any atom is 0.230 e. The van der Waals surface area contributed by atoms with Gasteiger partial charge < -0.3 is 15.4 Å². The van der Waals surface area contributed by atoms with Crippen LogP contribution in [0.1, 0.15) is 11.3 Å². The van der Waals surface area contributed by atoms with E-state index < -0.39 is 0 Å². The standard InChI is InChI=1S/C23H20N4O2S/c1-16-11-12-24-21(13-16)27-23-26-18(15-30-23)14-22(28)25-17-7-9-20(10-8-17)29-19-5-3-2-4-6-19/h2-13,15H,14H2,1H3,(H,25,28)(H,24,26,27). The summed E-state index contributed by atoms with van der Waals surface area (Å²) in [6, 6.07) is 20.7. The van der Waals surface area contributed by atoms with Crippen LogP contribution in [0.2, 0.25) is 0 Å². The summed E-state index contributed by atoms with van der Waals surface area (Å²) >= 11 is 1.44. The molecule has 30 heavy (non-hydrogen) atoms. The van der Waals surface area contributed by atoms with Gasteiger partial charge in [-0.15, -0.1) is 11.3 Å². The smallest absolute Gasteiger partial charge is 0.230 e. The molecule has 0 saturated heterocycles. The van der Waals surface area contributed by atoms with Crippen LogP contribution in [0.5, 0.6) is 11.5 Å². The van der Waals surface area contributed by atoms with Gasteiger partial charge in [-0.25, -0.2) is 9.97 Å². The van der Waals surface area contributed by atoms with Crippen LogP contribution in [-0.2, 0) is 11.2 Å². The molecule has 0 bridgehead atoms. The first-order valence-corrected chi connectivity index (χ1v) is 10.3. The van der Waals surface area contributed by atoms with Crippen LogP contribution in [0.3, 0.4) is 0 Å². The molecule has 0 unspecified atom stereocenters. The number of pyridine rings is 1. The number of nitrogens with one attached hydrogen (secondary N) is 2. The summed E-state index contributed by atoms with van der Waals surface area (Å²) in [6.45, 7) is 2.00. The molecule has 0 spiro atoms. The minimum absolute atomic E-state index is 0.128. The van der Waals surface area contributed by atoms with Gasteiger partial charge in [0.05, 0.1) is 12.1 Å². The highest BCUT2D eigenvalue weighted by Gasteiger charge is 2.09. The number of hydrogen-bond donors (Lipinski definition) is 2. The molecule has 2 aromatic carbocycles. The third-order valence-corrected chi connectivity index (χ3v) is 4.97. The predicted octanol–water partition coefficient (Wildman–Crippen LogP) is 5.56. The number of aromatic nitrogens is 2. The molecule has 0 saturated carbocycles. The van der Waals surface area contributed by atoms with Crippen molar-refractivity contribution in [3.63, 3.8) is 0 Å². The van der Waals surface area contributed by atoms with Gasteiger partial charge in [-0.3, -0.25) is 4.79 Å². The predicted molar refractivity (Wildman–Crippen MR) is 120 cm³/mol. The Hall–Kier alpha value is -3.71. The van der Waals surface area contributed by atoms with Gasteiger partial charge in [-0.2, -0.15) is 0 Å². The highest BCUT2D eigenvalue weighted by molar-refractivity contribution is 7.13. The van der Waals surface area contributed by atoms with Crippen LogP contribution in [0.15, 0.2) is 78.3 Å². The summed E-state index contributed by atoms with van der Waals surface area (Å²) in [7, 11) is 0. The topological polar surface area (TPSA) is 76.1 Å². The van der Waals surface area contributed by atoms with Crippen LogP contribution in [0.25, 0.3) is 0 Å². The summed E-state index contributed by atoms with van der Waals surface area (Å²) in [5.74, 6) is 2.08. The van der Waals surface area contributed by atoms with Gasteiger partial charge in [0.15, 0.2) is 5.13 Å². The van der Waals surface area contributed by atoms with Crippen LogP contribution >= 0.6 is 11.3 Å². The van der Waals surface area contributed by atoms with E-state index in [2.05, 4.69) is 20.6 Å². The molecule has 0 aliphatic carbocycles. The highest BCUT2D eigenvalue weighted by Crippen LogP contribution is 2.23. The molecule has 2 aromatic heterocycles. The molecule has 1 amide bonds. The summed E-state index contributed by atoms with van der Waals surface area (Å²) < 4.78 is 5.76. The van der Waals surface area contributed by atoms with Gasteiger partial charge in [-0.05, 0) is 61.0 Å². The van der Waals surface area contributed by atoms with Gasteiger partial charge >= 0.3 is 0 Å². The molecule has 0 atom stereocenters. The van der Waals surface area contributed by atoms with E-state index >= 15 is 0 Å². The first kappa shape index (κ1) is 19.6. The number of anilines is 3. The second kappa shape index (κ2) is 9.19. The Morgan fingerprint density at radius 1 is 1.03 bits per heavy atom. The third kappa shape index (κ3) is 5.42. The molecule has 0 aliphatic heterocycles. The van der Waals surface area contributed by atoms with Gasteiger partial charge in [0.25, 0.3) is 0 Å². The average molecular weight is 417 g/mol. The first-order valence-electron chi connectivity index (χ1n) is 9.41. The largest absolute Gasteiger partial charge is 0.457 e. The average Bonchev–Trinajstić information content (AvgIpc) is 3.17. The first-order chi connectivity index (χ1) is 14.6.